The number of benzene rings is 2. The van der Waals surface area contributed by atoms with Gasteiger partial charge in [-0.15, -0.1) is 0 Å². The van der Waals surface area contributed by atoms with Gasteiger partial charge >= 0.3 is 12.3 Å². The highest BCUT2D eigenvalue weighted by molar-refractivity contribution is 14.1. The lowest BCUT2D eigenvalue weighted by Gasteiger charge is -2.19. The highest BCUT2D eigenvalue weighted by Gasteiger charge is 2.36. The van der Waals surface area contributed by atoms with Gasteiger partial charge in [-0.05, 0) is 74.9 Å². The number of alkyl carbamates (subject to hydrolysis) is 1. The van der Waals surface area contributed by atoms with Crippen molar-refractivity contribution in [2.24, 2.45) is 5.92 Å². The molecule has 2 amide bonds. The predicted octanol–water partition coefficient (Wildman–Crippen LogP) is 7.97. The Balaban J connectivity index is 1.57. The fourth-order valence-electron chi connectivity index (χ4n) is 4.14. The van der Waals surface area contributed by atoms with Crippen molar-refractivity contribution in [2.45, 2.75) is 68.7 Å². The van der Waals surface area contributed by atoms with Crippen LogP contribution in [0.4, 0.5) is 28.0 Å². The molecule has 3 aromatic rings. The van der Waals surface area contributed by atoms with Crippen LogP contribution in [0.15, 0.2) is 48.5 Å². The average Bonchev–Trinajstić information content (AvgIpc) is 3.60. The minimum atomic E-state index is -4.82. The molecule has 1 fully saturated rings. The van der Waals surface area contributed by atoms with E-state index in [1.807, 2.05) is 0 Å². The molecule has 0 spiro atoms. The molecule has 1 heterocycles. The maximum atomic E-state index is 14.7. The van der Waals surface area contributed by atoms with Crippen LogP contribution in [0.3, 0.4) is 0 Å². The molecule has 12 heteroatoms. The molecule has 1 aliphatic rings. The predicted molar refractivity (Wildman–Crippen MR) is 155 cm³/mol. The van der Waals surface area contributed by atoms with Gasteiger partial charge in [0.15, 0.2) is 5.69 Å². The second-order valence-electron chi connectivity index (χ2n) is 11.0. The van der Waals surface area contributed by atoms with E-state index in [0.29, 0.717) is 11.6 Å². The van der Waals surface area contributed by atoms with E-state index in [1.165, 1.54) is 37.1 Å². The standard InChI is InChI=1S/C29H31F4IN4O3/c1-28(2,3)41-27(40)35-16-18-5-4-6-20(13-18)38-24(15-25(37-38)29(31,32)33)26(39)36-23-14-19(10-11-21(23)30)22(34)12-9-17-7-8-17/h4-6,10-11,13-15,17,22H,7-9,12,16H2,1-3H3,(H,35,40)(H,36,39). The lowest BCUT2D eigenvalue weighted by atomic mass is 10.1. The summed E-state index contributed by atoms with van der Waals surface area (Å²) in [6.07, 6.45) is -1.05. The number of hydrogen-bond acceptors (Lipinski definition) is 4. The molecule has 0 aliphatic heterocycles. The second-order valence-corrected chi connectivity index (χ2v) is 12.5. The summed E-state index contributed by atoms with van der Waals surface area (Å²) in [6.45, 7) is 5.17. The normalized spacial score (nSPS) is 14.4. The number of nitrogens with one attached hydrogen (secondary N) is 2. The first-order chi connectivity index (χ1) is 19.2. The molecular formula is C29H31F4IN4O3. The van der Waals surface area contributed by atoms with E-state index < -0.39 is 41.0 Å². The second kappa shape index (κ2) is 12.4. The minimum absolute atomic E-state index is 0.0217. The van der Waals surface area contributed by atoms with Crippen molar-refractivity contribution in [2.75, 3.05) is 5.32 Å². The fourth-order valence-corrected chi connectivity index (χ4v) is 4.89. The molecule has 0 saturated heterocycles. The van der Waals surface area contributed by atoms with Gasteiger partial charge < -0.3 is 15.4 Å². The summed E-state index contributed by atoms with van der Waals surface area (Å²) >= 11 is 2.28. The van der Waals surface area contributed by atoms with Crippen LogP contribution < -0.4 is 10.6 Å². The molecule has 41 heavy (non-hydrogen) atoms. The number of carbonyl (C=O) groups is 2. The van der Waals surface area contributed by atoms with E-state index in [2.05, 4.69) is 38.3 Å². The molecule has 0 radical (unpaired) electrons. The van der Waals surface area contributed by atoms with Gasteiger partial charge in [0.2, 0.25) is 0 Å². The lowest BCUT2D eigenvalue weighted by molar-refractivity contribution is -0.141. The summed E-state index contributed by atoms with van der Waals surface area (Å²) in [5.74, 6) is -0.920. The molecule has 220 valence electrons. The summed E-state index contributed by atoms with van der Waals surface area (Å²) in [6, 6.07) is 11.2. The number of ether oxygens (including phenoxy) is 1. The molecule has 1 unspecified atom stereocenters. The summed E-state index contributed by atoms with van der Waals surface area (Å²) in [4.78, 5) is 25.3. The van der Waals surface area contributed by atoms with Crippen LogP contribution in [0.2, 0.25) is 0 Å². The quantitative estimate of drug-likeness (QED) is 0.136. The smallest absolute Gasteiger partial charge is 0.435 e. The first-order valence-corrected chi connectivity index (χ1v) is 14.4. The van der Waals surface area contributed by atoms with Crippen molar-refractivity contribution >= 4 is 40.3 Å². The van der Waals surface area contributed by atoms with E-state index >= 15 is 0 Å². The Kier molecular flexibility index (Phi) is 9.29. The molecule has 1 aliphatic carbocycles. The highest BCUT2D eigenvalue weighted by atomic mass is 127. The summed E-state index contributed by atoms with van der Waals surface area (Å²) in [7, 11) is 0. The molecular weight excluding hydrogens is 655 g/mol. The zero-order chi connectivity index (χ0) is 29.9. The Morgan fingerprint density at radius 3 is 2.51 bits per heavy atom. The van der Waals surface area contributed by atoms with Crippen LogP contribution in [0.1, 0.15) is 77.7 Å². The number of anilines is 1. The Bertz CT molecular complexity index is 1410. The van der Waals surface area contributed by atoms with E-state index in [-0.39, 0.29) is 21.8 Å². The molecule has 1 atom stereocenters. The van der Waals surface area contributed by atoms with Gasteiger partial charge in [0.25, 0.3) is 5.91 Å². The molecule has 4 rings (SSSR count). The van der Waals surface area contributed by atoms with Crippen LogP contribution >= 0.6 is 22.6 Å². The van der Waals surface area contributed by atoms with Crippen LogP contribution in [-0.2, 0) is 17.5 Å². The number of hydrogen-bond donors (Lipinski definition) is 2. The van der Waals surface area contributed by atoms with Crippen molar-refractivity contribution in [3.05, 3.63) is 76.9 Å². The number of rotatable bonds is 9. The maximum absolute atomic E-state index is 14.7. The summed E-state index contributed by atoms with van der Waals surface area (Å²) < 4.78 is 61.7. The molecule has 1 saturated carbocycles. The highest BCUT2D eigenvalue weighted by Crippen LogP contribution is 2.39. The lowest BCUT2D eigenvalue weighted by Crippen LogP contribution is -2.32. The Morgan fingerprint density at radius 2 is 1.85 bits per heavy atom. The Labute approximate surface area is 249 Å². The van der Waals surface area contributed by atoms with Gasteiger partial charge in [0.05, 0.1) is 11.4 Å². The van der Waals surface area contributed by atoms with E-state index in [0.717, 1.165) is 29.0 Å². The van der Waals surface area contributed by atoms with Gasteiger partial charge in [-0.2, -0.15) is 18.3 Å². The fraction of sp³-hybridized carbons (Fsp3) is 0.414. The summed E-state index contributed by atoms with van der Waals surface area (Å²) in [5, 5.41) is 8.65. The zero-order valence-corrected chi connectivity index (χ0v) is 25.0. The van der Waals surface area contributed by atoms with Crippen molar-refractivity contribution in [3.8, 4) is 5.69 Å². The van der Waals surface area contributed by atoms with Gasteiger partial charge in [-0.1, -0.05) is 53.6 Å². The third-order valence-electron chi connectivity index (χ3n) is 6.35. The van der Waals surface area contributed by atoms with Crippen LogP contribution in [0.5, 0.6) is 0 Å². The Hall–Kier alpha value is -3.16. The average molecular weight is 686 g/mol. The maximum Gasteiger partial charge on any atom is 0.435 e. The van der Waals surface area contributed by atoms with Gasteiger partial charge in [0, 0.05) is 16.5 Å². The molecule has 2 aromatic carbocycles. The third-order valence-corrected chi connectivity index (χ3v) is 7.69. The van der Waals surface area contributed by atoms with Gasteiger partial charge in [-0.25, -0.2) is 13.9 Å². The van der Waals surface area contributed by atoms with Crippen LogP contribution in [0.25, 0.3) is 5.69 Å². The third kappa shape index (κ3) is 8.66. The van der Waals surface area contributed by atoms with E-state index in [9.17, 15) is 27.2 Å². The van der Waals surface area contributed by atoms with Crippen molar-refractivity contribution in [1.29, 1.82) is 0 Å². The number of halogens is 5. The number of carbonyl (C=O) groups excluding carboxylic acids is 2. The zero-order valence-electron chi connectivity index (χ0n) is 22.8. The molecule has 7 nitrogen and oxygen atoms in total. The monoisotopic (exact) mass is 686 g/mol. The summed E-state index contributed by atoms with van der Waals surface area (Å²) in [5.41, 5.74) is -1.04. The number of aromatic nitrogens is 2. The first-order valence-electron chi connectivity index (χ1n) is 13.2. The molecule has 2 N–H and O–H groups in total. The number of alkyl halides is 4. The minimum Gasteiger partial charge on any atom is -0.444 e. The van der Waals surface area contributed by atoms with Crippen molar-refractivity contribution in [1.82, 2.24) is 15.1 Å². The molecule has 0 bridgehead atoms. The molecule has 1 aromatic heterocycles. The number of nitrogens with zero attached hydrogens (tertiary/aromatic N) is 2. The largest absolute Gasteiger partial charge is 0.444 e. The van der Waals surface area contributed by atoms with E-state index in [4.69, 9.17) is 4.74 Å². The Morgan fingerprint density at radius 1 is 1.12 bits per heavy atom. The van der Waals surface area contributed by atoms with Gasteiger partial charge in [0.1, 0.15) is 17.1 Å². The number of amides is 2. The topological polar surface area (TPSA) is 85.2 Å². The van der Waals surface area contributed by atoms with E-state index in [1.54, 1.807) is 39.0 Å². The van der Waals surface area contributed by atoms with Crippen molar-refractivity contribution in [3.63, 3.8) is 0 Å². The van der Waals surface area contributed by atoms with Crippen molar-refractivity contribution < 1.29 is 31.9 Å². The first kappa shape index (κ1) is 30.8. The van der Waals surface area contributed by atoms with Crippen LogP contribution in [-0.4, -0.2) is 27.4 Å². The van der Waals surface area contributed by atoms with Gasteiger partial charge in [-0.3, -0.25) is 4.79 Å². The SMILES string of the molecule is CC(C)(C)OC(=O)NCc1cccc(-n2nc(C(F)(F)F)cc2C(=O)Nc2cc(C(I)CCC3CC3)ccc2F)c1. The van der Waals surface area contributed by atoms with Crippen LogP contribution in [0, 0.1) is 11.7 Å².